The van der Waals surface area contributed by atoms with Gasteiger partial charge >= 0.3 is 12.3 Å². The van der Waals surface area contributed by atoms with Crippen LogP contribution in [0.2, 0.25) is 0 Å². The maximum atomic E-state index is 13.5. The number of piperidine rings is 1. The van der Waals surface area contributed by atoms with Gasteiger partial charge in [-0.15, -0.1) is 5.01 Å². The first-order chi connectivity index (χ1) is 21.7. The molecular formula is C28H31F3N6O8S. The van der Waals surface area contributed by atoms with E-state index >= 15 is 0 Å². The Morgan fingerprint density at radius 2 is 1.85 bits per heavy atom. The summed E-state index contributed by atoms with van der Waals surface area (Å²) in [6.07, 6.45) is -6.35. The SMILES string of the molecule is CCOC(=O)OC(C)ON=[N+]([O-])N1CCCC(C(=O)NS(=O)(=O)c2ccc(-n3nc(C(F)(F)F)cc3-c3ccc(C)cc3)cc2)C1. The van der Waals surface area contributed by atoms with Gasteiger partial charge in [-0.25, -0.2) is 22.6 Å². The molecule has 2 aromatic carbocycles. The number of carbonyl (C=O) groups is 2. The van der Waals surface area contributed by atoms with E-state index in [4.69, 9.17) is 9.57 Å². The van der Waals surface area contributed by atoms with Gasteiger partial charge in [0.2, 0.25) is 11.2 Å². The van der Waals surface area contributed by atoms with Crippen LogP contribution in [0, 0.1) is 18.0 Å². The van der Waals surface area contributed by atoms with Gasteiger partial charge < -0.3 is 14.7 Å². The minimum absolute atomic E-state index is 0.0708. The summed E-state index contributed by atoms with van der Waals surface area (Å²) in [5.74, 6) is -1.78. The summed E-state index contributed by atoms with van der Waals surface area (Å²) >= 11 is 0. The summed E-state index contributed by atoms with van der Waals surface area (Å²) in [5.41, 5.74) is 0.551. The third kappa shape index (κ3) is 8.43. The molecule has 3 aromatic rings. The number of rotatable bonds is 10. The van der Waals surface area contributed by atoms with Gasteiger partial charge in [-0.3, -0.25) is 9.63 Å². The number of ether oxygens (including phenoxy) is 2. The van der Waals surface area contributed by atoms with Gasteiger partial charge in [0, 0.05) is 12.5 Å². The normalized spacial score (nSPS) is 16.4. The maximum Gasteiger partial charge on any atom is 0.511 e. The number of aryl methyl sites for hydroxylation is 1. The zero-order valence-corrected chi connectivity index (χ0v) is 25.7. The Bertz CT molecular complexity index is 1680. The van der Waals surface area contributed by atoms with E-state index in [0.717, 1.165) is 33.5 Å². The molecule has 1 aromatic heterocycles. The number of hydrogen-bond donors (Lipinski definition) is 1. The molecule has 248 valence electrons. The highest BCUT2D eigenvalue weighted by Crippen LogP contribution is 2.33. The van der Waals surface area contributed by atoms with E-state index in [1.165, 1.54) is 19.1 Å². The largest absolute Gasteiger partial charge is 0.569 e. The molecule has 0 aliphatic carbocycles. The molecule has 2 heterocycles. The van der Waals surface area contributed by atoms with E-state index < -0.39 is 46.2 Å². The van der Waals surface area contributed by atoms with Crippen molar-refractivity contribution >= 4 is 22.1 Å². The summed E-state index contributed by atoms with van der Waals surface area (Å²) in [6.45, 7) is 4.78. The second-order valence-electron chi connectivity index (χ2n) is 10.2. The van der Waals surface area contributed by atoms with Crippen molar-refractivity contribution in [2.45, 2.75) is 51.0 Å². The lowest BCUT2D eigenvalue weighted by Crippen LogP contribution is -2.46. The number of amides is 1. The molecule has 1 saturated heterocycles. The zero-order chi connectivity index (χ0) is 33.6. The fraction of sp³-hybridized carbons (Fsp3) is 0.393. The van der Waals surface area contributed by atoms with Gasteiger partial charge in [0.05, 0.1) is 46.9 Å². The molecule has 0 spiro atoms. The Morgan fingerprint density at radius 1 is 1.17 bits per heavy atom. The fourth-order valence-electron chi connectivity index (χ4n) is 4.48. The van der Waals surface area contributed by atoms with E-state index in [0.29, 0.717) is 12.0 Å². The van der Waals surface area contributed by atoms with Crippen LogP contribution in [0.15, 0.2) is 64.8 Å². The van der Waals surface area contributed by atoms with Crippen LogP contribution in [-0.2, 0) is 35.3 Å². The quantitative estimate of drug-likeness (QED) is 0.105. The molecule has 18 heteroatoms. The van der Waals surface area contributed by atoms with Gasteiger partial charge in [-0.2, -0.15) is 18.3 Å². The van der Waals surface area contributed by atoms with Gasteiger partial charge in [0.25, 0.3) is 16.3 Å². The number of halogens is 3. The van der Waals surface area contributed by atoms with Crippen LogP contribution >= 0.6 is 0 Å². The Kier molecular flexibility index (Phi) is 10.4. The monoisotopic (exact) mass is 668 g/mol. The van der Waals surface area contributed by atoms with Crippen LogP contribution in [0.4, 0.5) is 18.0 Å². The summed E-state index contributed by atoms with van der Waals surface area (Å²) < 4.78 is 79.0. The van der Waals surface area contributed by atoms with E-state index in [1.807, 2.05) is 11.6 Å². The molecule has 1 N–H and O–H groups in total. The number of nitrogens with zero attached hydrogens (tertiary/aromatic N) is 5. The van der Waals surface area contributed by atoms with Crippen molar-refractivity contribution in [3.8, 4) is 16.9 Å². The molecule has 2 atom stereocenters. The smallest absolute Gasteiger partial charge is 0.511 e. The Morgan fingerprint density at radius 3 is 2.48 bits per heavy atom. The second-order valence-corrected chi connectivity index (χ2v) is 11.9. The second kappa shape index (κ2) is 14.1. The van der Waals surface area contributed by atoms with Crippen molar-refractivity contribution in [1.29, 1.82) is 0 Å². The van der Waals surface area contributed by atoms with Crippen LogP contribution in [-0.4, -0.2) is 66.2 Å². The van der Waals surface area contributed by atoms with E-state index in [9.17, 15) is 36.4 Å². The Balaban J connectivity index is 1.44. The molecule has 46 heavy (non-hydrogen) atoms. The number of alkyl halides is 3. The fourth-order valence-corrected chi connectivity index (χ4v) is 5.53. The first-order valence-electron chi connectivity index (χ1n) is 14.0. The molecule has 14 nitrogen and oxygen atoms in total. The maximum absolute atomic E-state index is 13.5. The summed E-state index contributed by atoms with van der Waals surface area (Å²) in [4.78, 5) is 28.8. The minimum atomic E-state index is -4.71. The third-order valence-corrected chi connectivity index (χ3v) is 8.14. The highest BCUT2D eigenvalue weighted by molar-refractivity contribution is 7.90. The van der Waals surface area contributed by atoms with Gasteiger partial charge in [0.15, 0.2) is 5.69 Å². The lowest BCUT2D eigenvalue weighted by Gasteiger charge is -2.28. The first-order valence-corrected chi connectivity index (χ1v) is 15.5. The Labute approximate surface area is 261 Å². The molecule has 0 bridgehead atoms. The van der Waals surface area contributed by atoms with Gasteiger partial charge in [-0.1, -0.05) is 29.8 Å². The zero-order valence-electron chi connectivity index (χ0n) is 24.9. The van der Waals surface area contributed by atoms with Crippen molar-refractivity contribution in [2.75, 3.05) is 19.7 Å². The highest BCUT2D eigenvalue weighted by atomic mass is 32.2. The average Bonchev–Trinajstić information content (AvgIpc) is 3.47. The van der Waals surface area contributed by atoms with Crippen molar-refractivity contribution in [2.24, 2.45) is 11.2 Å². The number of hydrogen-bond acceptors (Lipinski definition) is 10. The van der Waals surface area contributed by atoms with Crippen molar-refractivity contribution in [1.82, 2.24) is 19.5 Å². The Hall–Kier alpha value is -4.87. The molecule has 1 aliphatic rings. The predicted octanol–water partition coefficient (Wildman–Crippen LogP) is 4.71. The molecule has 1 fully saturated rings. The molecule has 4 rings (SSSR count). The van der Waals surface area contributed by atoms with E-state index in [1.54, 1.807) is 31.2 Å². The van der Waals surface area contributed by atoms with Gasteiger partial charge in [-0.05, 0) is 57.0 Å². The van der Waals surface area contributed by atoms with E-state index in [-0.39, 0.29) is 47.4 Å². The van der Waals surface area contributed by atoms with Crippen LogP contribution in [0.25, 0.3) is 16.9 Å². The molecule has 1 amide bonds. The standard InChI is InChI=1S/C28H31F3N6O8S/c1-4-43-27(39)44-19(3)45-34-37(40)35-15-5-6-21(17-35)26(38)33-46(41,42)23-13-11-22(12-14-23)36-24(16-25(32-36)28(29,30)31)20-9-7-18(2)8-10-20/h7-14,16,19,21H,4-6,15,17H2,1-3H3,(H,33,38). The molecule has 1 aliphatic heterocycles. The number of nitrogens with one attached hydrogen (secondary N) is 1. The van der Waals surface area contributed by atoms with Crippen molar-refractivity contribution < 1.29 is 50.5 Å². The van der Waals surface area contributed by atoms with Crippen molar-refractivity contribution in [3.05, 3.63) is 71.1 Å². The summed E-state index contributed by atoms with van der Waals surface area (Å²) in [6, 6.07) is 12.5. The third-order valence-electron chi connectivity index (χ3n) is 6.78. The topological polar surface area (TPSA) is 167 Å². The number of hydrazine groups is 1. The van der Waals surface area contributed by atoms with Gasteiger partial charge in [0.1, 0.15) is 0 Å². The van der Waals surface area contributed by atoms with Crippen LogP contribution in [0.3, 0.4) is 0 Å². The lowest BCUT2D eigenvalue weighted by atomic mass is 9.99. The molecule has 0 saturated carbocycles. The number of aromatic nitrogens is 2. The average molecular weight is 669 g/mol. The van der Waals surface area contributed by atoms with Crippen molar-refractivity contribution in [3.63, 3.8) is 0 Å². The molecule has 2 unspecified atom stereocenters. The number of benzene rings is 2. The number of carbonyl (C=O) groups excluding carboxylic acids is 2. The summed E-state index contributed by atoms with van der Waals surface area (Å²) in [5, 5.41) is 20.5. The van der Waals surface area contributed by atoms with E-state index in [2.05, 4.69) is 15.1 Å². The first kappa shape index (κ1) is 34.0. The molecular weight excluding hydrogens is 637 g/mol. The highest BCUT2D eigenvalue weighted by Gasteiger charge is 2.36. The predicted molar refractivity (Wildman–Crippen MR) is 153 cm³/mol. The summed E-state index contributed by atoms with van der Waals surface area (Å²) in [7, 11) is -4.40. The van der Waals surface area contributed by atoms with Crippen LogP contribution in [0.5, 0.6) is 0 Å². The van der Waals surface area contributed by atoms with Crippen LogP contribution in [0.1, 0.15) is 37.9 Å². The minimum Gasteiger partial charge on any atom is -0.569 e. The lowest BCUT2D eigenvalue weighted by molar-refractivity contribution is -0.715. The van der Waals surface area contributed by atoms with Crippen LogP contribution < -0.4 is 4.72 Å². The number of sulfonamides is 1. The molecule has 0 radical (unpaired) electrons.